The van der Waals surface area contributed by atoms with Crippen molar-refractivity contribution in [2.75, 3.05) is 33.4 Å². The SMILES string of the molecule is COCC1CN=C(N2CCC(C)(F)C2)N1.I. The summed E-state index contributed by atoms with van der Waals surface area (Å²) < 4.78 is 18.7. The largest absolute Gasteiger partial charge is 0.382 e. The Labute approximate surface area is 113 Å². The summed E-state index contributed by atoms with van der Waals surface area (Å²) in [7, 11) is 1.67. The minimum absolute atomic E-state index is 0. The Hall–Kier alpha value is -0.110. The van der Waals surface area contributed by atoms with Gasteiger partial charge in [-0.1, -0.05) is 0 Å². The first-order valence-corrected chi connectivity index (χ1v) is 5.34. The van der Waals surface area contributed by atoms with E-state index in [2.05, 4.69) is 10.3 Å². The normalized spacial score (nSPS) is 33.3. The number of alkyl halides is 1. The highest BCUT2D eigenvalue weighted by Crippen LogP contribution is 2.25. The lowest BCUT2D eigenvalue weighted by Crippen LogP contribution is -2.43. The standard InChI is InChI=1S/C10H18FN3O.HI/c1-10(11)3-4-14(7-10)9-12-5-8(13-9)6-15-2;/h8H,3-7H2,1-2H3,(H,12,13);1H. The van der Waals surface area contributed by atoms with Crippen LogP contribution in [-0.4, -0.2) is 55.9 Å². The maximum atomic E-state index is 13.6. The van der Waals surface area contributed by atoms with E-state index in [1.807, 2.05) is 4.90 Å². The number of hydrogen-bond donors (Lipinski definition) is 1. The van der Waals surface area contributed by atoms with Crippen LogP contribution in [0.2, 0.25) is 0 Å². The molecule has 2 unspecified atom stereocenters. The number of hydrogen-bond acceptors (Lipinski definition) is 4. The number of nitrogens with one attached hydrogen (secondary N) is 1. The lowest BCUT2D eigenvalue weighted by atomic mass is 10.1. The molecular formula is C10H19FIN3O. The summed E-state index contributed by atoms with van der Waals surface area (Å²) in [5.41, 5.74) is -1.07. The summed E-state index contributed by atoms with van der Waals surface area (Å²) in [5.74, 6) is 0.832. The Morgan fingerprint density at radius 1 is 1.69 bits per heavy atom. The zero-order valence-electron chi connectivity index (χ0n) is 9.70. The number of methoxy groups -OCH3 is 1. The number of likely N-dealkylation sites (tertiary alicyclic amines) is 1. The second kappa shape index (κ2) is 5.48. The zero-order chi connectivity index (χ0) is 10.9. The van der Waals surface area contributed by atoms with Crippen LogP contribution in [0, 0.1) is 0 Å². The lowest BCUT2D eigenvalue weighted by molar-refractivity contribution is 0.177. The number of ether oxygens (including phenoxy) is 1. The van der Waals surface area contributed by atoms with Gasteiger partial charge < -0.3 is 15.0 Å². The van der Waals surface area contributed by atoms with Gasteiger partial charge in [0.05, 0.1) is 25.7 Å². The van der Waals surface area contributed by atoms with E-state index in [9.17, 15) is 4.39 Å². The van der Waals surface area contributed by atoms with Gasteiger partial charge in [0, 0.05) is 20.1 Å². The number of guanidine groups is 1. The quantitative estimate of drug-likeness (QED) is 0.761. The third-order valence-electron chi connectivity index (χ3n) is 2.89. The Kier molecular flexibility index (Phi) is 4.78. The predicted octanol–water partition coefficient (Wildman–Crippen LogP) is 1.01. The van der Waals surface area contributed by atoms with Crippen molar-refractivity contribution in [3.8, 4) is 0 Å². The molecular weight excluding hydrogens is 324 g/mol. The number of rotatable bonds is 2. The van der Waals surface area contributed by atoms with Gasteiger partial charge >= 0.3 is 0 Å². The summed E-state index contributed by atoms with van der Waals surface area (Å²) in [6, 6.07) is 0.247. The lowest BCUT2D eigenvalue weighted by Gasteiger charge is -2.20. The van der Waals surface area contributed by atoms with E-state index in [0.717, 1.165) is 19.0 Å². The van der Waals surface area contributed by atoms with Gasteiger partial charge in [0.2, 0.25) is 0 Å². The monoisotopic (exact) mass is 343 g/mol. The van der Waals surface area contributed by atoms with Gasteiger partial charge in [0.25, 0.3) is 0 Å². The minimum atomic E-state index is -1.07. The second-order valence-electron chi connectivity index (χ2n) is 4.55. The van der Waals surface area contributed by atoms with E-state index in [1.54, 1.807) is 14.0 Å². The van der Waals surface area contributed by atoms with Crippen molar-refractivity contribution < 1.29 is 9.13 Å². The molecule has 0 aromatic carbocycles. The molecule has 1 saturated heterocycles. The van der Waals surface area contributed by atoms with Gasteiger partial charge in [0.15, 0.2) is 5.96 Å². The molecule has 94 valence electrons. The van der Waals surface area contributed by atoms with Crippen LogP contribution in [0.1, 0.15) is 13.3 Å². The predicted molar refractivity (Wildman–Crippen MR) is 72.2 cm³/mol. The zero-order valence-corrected chi connectivity index (χ0v) is 12.0. The molecule has 0 amide bonds. The van der Waals surface area contributed by atoms with Gasteiger partial charge in [-0.2, -0.15) is 0 Å². The number of nitrogens with zero attached hydrogens (tertiary/aromatic N) is 2. The van der Waals surface area contributed by atoms with E-state index in [-0.39, 0.29) is 30.0 Å². The van der Waals surface area contributed by atoms with Crippen molar-refractivity contribution in [3.05, 3.63) is 0 Å². The smallest absolute Gasteiger partial charge is 0.194 e. The molecule has 2 atom stereocenters. The van der Waals surface area contributed by atoms with Crippen LogP contribution in [0.4, 0.5) is 4.39 Å². The van der Waals surface area contributed by atoms with Gasteiger partial charge in [-0.3, -0.25) is 4.99 Å². The molecule has 0 aromatic heterocycles. The van der Waals surface area contributed by atoms with Crippen molar-refractivity contribution in [1.29, 1.82) is 0 Å². The van der Waals surface area contributed by atoms with Crippen molar-refractivity contribution in [3.63, 3.8) is 0 Å². The molecule has 1 N–H and O–H groups in total. The molecule has 2 aliphatic heterocycles. The Balaban J connectivity index is 0.00000128. The van der Waals surface area contributed by atoms with E-state index in [1.165, 1.54) is 0 Å². The first kappa shape index (κ1) is 14.0. The summed E-state index contributed by atoms with van der Waals surface area (Å²) in [4.78, 5) is 6.35. The molecule has 6 heteroatoms. The molecule has 4 nitrogen and oxygen atoms in total. The van der Waals surface area contributed by atoms with Gasteiger partial charge in [-0.05, 0) is 6.92 Å². The molecule has 0 aromatic rings. The first-order chi connectivity index (χ1) is 7.11. The average Bonchev–Trinajstić information content (AvgIpc) is 2.73. The molecule has 2 rings (SSSR count). The summed E-state index contributed by atoms with van der Waals surface area (Å²) in [6.07, 6.45) is 0.586. The first-order valence-electron chi connectivity index (χ1n) is 5.34. The Morgan fingerprint density at radius 2 is 2.44 bits per heavy atom. The van der Waals surface area contributed by atoms with Crippen molar-refractivity contribution in [2.24, 2.45) is 4.99 Å². The van der Waals surface area contributed by atoms with Crippen LogP contribution < -0.4 is 5.32 Å². The molecule has 0 aliphatic carbocycles. The number of aliphatic imine (C=N–C) groups is 1. The summed E-state index contributed by atoms with van der Waals surface area (Å²) >= 11 is 0. The van der Waals surface area contributed by atoms with E-state index in [4.69, 9.17) is 4.74 Å². The highest BCUT2D eigenvalue weighted by Gasteiger charge is 2.36. The van der Waals surface area contributed by atoms with E-state index >= 15 is 0 Å². The van der Waals surface area contributed by atoms with Gasteiger partial charge in [0.1, 0.15) is 5.67 Å². The molecule has 2 heterocycles. The van der Waals surface area contributed by atoms with Crippen LogP contribution in [-0.2, 0) is 4.74 Å². The highest BCUT2D eigenvalue weighted by atomic mass is 127. The van der Waals surface area contributed by atoms with Crippen LogP contribution in [0.3, 0.4) is 0 Å². The van der Waals surface area contributed by atoms with E-state index < -0.39 is 5.67 Å². The molecule has 0 spiro atoms. The minimum Gasteiger partial charge on any atom is -0.382 e. The molecule has 0 saturated carbocycles. The van der Waals surface area contributed by atoms with Crippen molar-refractivity contribution >= 4 is 29.9 Å². The van der Waals surface area contributed by atoms with Crippen LogP contribution in [0.15, 0.2) is 4.99 Å². The Morgan fingerprint density at radius 3 is 3.00 bits per heavy atom. The van der Waals surface area contributed by atoms with Crippen LogP contribution in [0.5, 0.6) is 0 Å². The topological polar surface area (TPSA) is 36.9 Å². The molecule has 0 radical (unpaired) electrons. The fourth-order valence-corrected chi connectivity index (χ4v) is 2.06. The third kappa shape index (κ3) is 3.19. The fourth-order valence-electron chi connectivity index (χ4n) is 2.06. The number of halogens is 2. The maximum Gasteiger partial charge on any atom is 0.194 e. The molecule has 1 fully saturated rings. The third-order valence-corrected chi connectivity index (χ3v) is 2.89. The second-order valence-corrected chi connectivity index (χ2v) is 4.55. The van der Waals surface area contributed by atoms with Gasteiger partial charge in [-0.25, -0.2) is 4.39 Å². The van der Waals surface area contributed by atoms with Crippen molar-refractivity contribution in [1.82, 2.24) is 10.2 Å². The summed E-state index contributed by atoms with van der Waals surface area (Å²) in [6.45, 7) is 4.21. The molecule has 0 bridgehead atoms. The molecule has 16 heavy (non-hydrogen) atoms. The molecule has 2 aliphatic rings. The highest BCUT2D eigenvalue weighted by molar-refractivity contribution is 14.0. The van der Waals surface area contributed by atoms with Crippen molar-refractivity contribution in [2.45, 2.75) is 25.1 Å². The fraction of sp³-hybridized carbons (Fsp3) is 0.900. The Bertz CT molecular complexity index is 273. The van der Waals surface area contributed by atoms with Gasteiger partial charge in [-0.15, -0.1) is 24.0 Å². The average molecular weight is 343 g/mol. The van der Waals surface area contributed by atoms with E-state index in [0.29, 0.717) is 19.6 Å². The van der Waals surface area contributed by atoms with Crippen LogP contribution in [0.25, 0.3) is 0 Å². The summed E-state index contributed by atoms with van der Waals surface area (Å²) in [5, 5.41) is 3.26. The van der Waals surface area contributed by atoms with Crippen LogP contribution >= 0.6 is 24.0 Å². The maximum absolute atomic E-state index is 13.6.